The van der Waals surface area contributed by atoms with Gasteiger partial charge in [0.25, 0.3) is 11.8 Å². The van der Waals surface area contributed by atoms with E-state index in [9.17, 15) is 23.6 Å². The Kier molecular flexibility index (Phi) is 6.43. The summed E-state index contributed by atoms with van der Waals surface area (Å²) in [4.78, 5) is 49.0. The summed E-state index contributed by atoms with van der Waals surface area (Å²) in [5.41, 5.74) is 0.198. The Morgan fingerprint density at radius 3 is 2.42 bits per heavy atom. The lowest BCUT2D eigenvalue weighted by Crippen LogP contribution is -2.46. The Morgan fingerprint density at radius 2 is 1.88 bits per heavy atom. The molecule has 1 aliphatic rings. The molecule has 0 aromatic heterocycles. The Hall–Kier alpha value is -2.77. The lowest BCUT2D eigenvalue weighted by atomic mass is 10.0. The molecule has 0 radical (unpaired) electrons. The van der Waals surface area contributed by atoms with Gasteiger partial charge in [-0.2, -0.15) is 0 Å². The van der Waals surface area contributed by atoms with Gasteiger partial charge in [0.1, 0.15) is 11.9 Å². The van der Waals surface area contributed by atoms with Crippen molar-refractivity contribution in [1.82, 2.24) is 10.2 Å². The number of likely N-dealkylation sites (tertiary alicyclic amines) is 1. The molecule has 2 rings (SSSR count). The number of nitrogens with one attached hydrogen (secondary N) is 1. The molecule has 1 saturated heterocycles. The van der Waals surface area contributed by atoms with Crippen molar-refractivity contribution in [1.29, 1.82) is 0 Å². The molecule has 1 atom stereocenters. The van der Waals surface area contributed by atoms with Gasteiger partial charge < -0.3 is 10.1 Å². The van der Waals surface area contributed by atoms with Crippen molar-refractivity contribution in [2.75, 3.05) is 13.2 Å². The first-order valence-electron chi connectivity index (χ1n) is 8.36. The van der Waals surface area contributed by atoms with Crippen LogP contribution in [0.2, 0.25) is 0 Å². The molecule has 0 spiro atoms. The van der Waals surface area contributed by atoms with Crippen molar-refractivity contribution >= 4 is 23.7 Å². The minimum atomic E-state index is -0.977. The number of hydrogen-bond acceptors (Lipinski definition) is 5. The summed E-state index contributed by atoms with van der Waals surface area (Å²) in [6.45, 7) is 3.19. The lowest BCUT2D eigenvalue weighted by Gasteiger charge is -2.21. The fraction of sp³-hybridized carbons (Fsp3) is 0.444. The van der Waals surface area contributed by atoms with E-state index in [1.807, 2.05) is 0 Å². The van der Waals surface area contributed by atoms with E-state index in [0.717, 1.165) is 17.0 Å². The minimum Gasteiger partial charge on any atom is -0.454 e. The average Bonchev–Trinajstić information content (AvgIpc) is 3.03. The van der Waals surface area contributed by atoms with Gasteiger partial charge in [-0.1, -0.05) is 13.8 Å². The molecule has 0 saturated carbocycles. The van der Waals surface area contributed by atoms with Gasteiger partial charge in [-0.25, -0.2) is 9.18 Å². The highest BCUT2D eigenvalue weighted by Crippen LogP contribution is 2.11. The number of halogens is 1. The maximum Gasteiger partial charge on any atom is 0.329 e. The van der Waals surface area contributed by atoms with E-state index in [-0.39, 0.29) is 17.4 Å². The lowest BCUT2D eigenvalue weighted by molar-refractivity contribution is -0.156. The van der Waals surface area contributed by atoms with Crippen LogP contribution in [0, 0.1) is 11.7 Å². The first kappa shape index (κ1) is 19.6. The molecule has 0 bridgehead atoms. The molecular weight excluding hydrogens is 343 g/mol. The molecule has 1 aliphatic heterocycles. The van der Waals surface area contributed by atoms with Crippen LogP contribution in [0.15, 0.2) is 24.3 Å². The number of ether oxygens (including phenoxy) is 1. The zero-order valence-electron chi connectivity index (χ0n) is 14.7. The summed E-state index contributed by atoms with van der Waals surface area (Å²) < 4.78 is 17.9. The Balaban J connectivity index is 1.94. The van der Waals surface area contributed by atoms with E-state index in [1.165, 1.54) is 12.1 Å². The van der Waals surface area contributed by atoms with Gasteiger partial charge >= 0.3 is 5.97 Å². The molecule has 1 N–H and O–H groups in total. The molecule has 7 nitrogen and oxygen atoms in total. The van der Waals surface area contributed by atoms with Crippen molar-refractivity contribution in [3.63, 3.8) is 0 Å². The van der Waals surface area contributed by atoms with Gasteiger partial charge in [-0.15, -0.1) is 0 Å². The van der Waals surface area contributed by atoms with Crippen LogP contribution in [-0.2, 0) is 19.1 Å². The van der Waals surface area contributed by atoms with E-state index in [0.29, 0.717) is 19.4 Å². The van der Waals surface area contributed by atoms with E-state index in [2.05, 4.69) is 5.32 Å². The first-order chi connectivity index (χ1) is 12.3. The fourth-order valence-corrected chi connectivity index (χ4v) is 2.54. The summed E-state index contributed by atoms with van der Waals surface area (Å²) in [6, 6.07) is 3.91. The molecule has 1 heterocycles. The third-order valence-electron chi connectivity index (χ3n) is 4.03. The highest BCUT2D eigenvalue weighted by Gasteiger charge is 2.30. The number of hydrogen-bond donors (Lipinski definition) is 1. The van der Waals surface area contributed by atoms with Crippen LogP contribution in [0.4, 0.5) is 4.39 Å². The predicted octanol–water partition coefficient (Wildman–Crippen LogP) is 1.27. The van der Waals surface area contributed by atoms with Gasteiger partial charge in [0, 0.05) is 18.5 Å². The monoisotopic (exact) mass is 364 g/mol. The molecule has 1 aromatic carbocycles. The second kappa shape index (κ2) is 8.55. The van der Waals surface area contributed by atoms with Gasteiger partial charge in [-0.05, 0) is 36.6 Å². The average molecular weight is 364 g/mol. The maximum absolute atomic E-state index is 12.9. The zero-order valence-corrected chi connectivity index (χ0v) is 14.7. The van der Waals surface area contributed by atoms with Gasteiger partial charge in [0.2, 0.25) is 5.91 Å². The molecular formula is C18H21FN2O5. The van der Waals surface area contributed by atoms with Gasteiger partial charge in [0.15, 0.2) is 6.61 Å². The quantitative estimate of drug-likeness (QED) is 0.768. The van der Waals surface area contributed by atoms with Crippen molar-refractivity contribution < 1.29 is 28.3 Å². The number of rotatable bonds is 6. The molecule has 1 fully saturated rings. The Morgan fingerprint density at radius 1 is 1.23 bits per heavy atom. The maximum atomic E-state index is 12.9. The number of carbonyl (C=O) groups is 4. The molecule has 0 aliphatic carbocycles. The summed E-state index contributed by atoms with van der Waals surface area (Å²) in [5, 5.41) is 2.53. The largest absolute Gasteiger partial charge is 0.454 e. The van der Waals surface area contributed by atoms with Crippen molar-refractivity contribution in [2.45, 2.75) is 32.7 Å². The minimum absolute atomic E-state index is 0.198. The van der Waals surface area contributed by atoms with Crippen molar-refractivity contribution in [2.24, 2.45) is 5.92 Å². The second-order valence-corrected chi connectivity index (χ2v) is 6.35. The second-order valence-electron chi connectivity index (χ2n) is 6.35. The zero-order chi connectivity index (χ0) is 19.3. The smallest absolute Gasteiger partial charge is 0.329 e. The van der Waals surface area contributed by atoms with Crippen LogP contribution in [0.25, 0.3) is 0 Å². The third-order valence-corrected chi connectivity index (χ3v) is 4.03. The Bertz CT molecular complexity index is 702. The summed E-state index contributed by atoms with van der Waals surface area (Å²) in [7, 11) is 0. The topological polar surface area (TPSA) is 92.8 Å². The van der Waals surface area contributed by atoms with Gasteiger partial charge in [-0.3, -0.25) is 19.3 Å². The summed E-state index contributed by atoms with van der Waals surface area (Å²) >= 11 is 0. The molecule has 3 amide bonds. The first-order valence-corrected chi connectivity index (χ1v) is 8.36. The Labute approximate surface area is 150 Å². The number of nitrogens with zero attached hydrogens (tertiary/aromatic N) is 1. The van der Waals surface area contributed by atoms with Gasteiger partial charge in [0.05, 0.1) is 0 Å². The number of benzene rings is 1. The van der Waals surface area contributed by atoms with Crippen LogP contribution in [0.3, 0.4) is 0 Å². The summed E-state index contributed by atoms with van der Waals surface area (Å²) in [6.07, 6.45) is 0.906. The van der Waals surface area contributed by atoms with Crippen LogP contribution in [-0.4, -0.2) is 47.8 Å². The van der Waals surface area contributed by atoms with Crippen LogP contribution in [0.5, 0.6) is 0 Å². The number of carbonyl (C=O) groups excluding carboxylic acids is 4. The molecule has 8 heteroatoms. The van der Waals surface area contributed by atoms with Crippen LogP contribution >= 0.6 is 0 Å². The molecule has 0 unspecified atom stereocenters. The number of amides is 3. The predicted molar refractivity (Wildman–Crippen MR) is 89.4 cm³/mol. The standard InChI is InChI=1S/C18H21FN2O5/c1-11(2)16(20-17(24)12-5-7-13(19)8-6-12)18(25)26-10-15(23)21-9-3-4-14(21)22/h5-8,11,16H,3-4,9-10H2,1-2H3,(H,20,24)/t16-/m0/s1. The van der Waals surface area contributed by atoms with E-state index in [1.54, 1.807) is 13.8 Å². The van der Waals surface area contributed by atoms with Crippen LogP contribution < -0.4 is 5.32 Å². The van der Waals surface area contributed by atoms with Crippen molar-refractivity contribution in [3.05, 3.63) is 35.6 Å². The number of imide groups is 1. The van der Waals surface area contributed by atoms with E-state index in [4.69, 9.17) is 4.74 Å². The van der Waals surface area contributed by atoms with Crippen LogP contribution in [0.1, 0.15) is 37.0 Å². The molecule has 26 heavy (non-hydrogen) atoms. The van der Waals surface area contributed by atoms with E-state index < -0.39 is 36.2 Å². The normalized spacial score (nSPS) is 15.1. The van der Waals surface area contributed by atoms with E-state index >= 15 is 0 Å². The molecule has 140 valence electrons. The summed E-state index contributed by atoms with van der Waals surface area (Å²) in [5.74, 6) is -2.95. The highest BCUT2D eigenvalue weighted by molar-refractivity contribution is 5.99. The molecule has 1 aromatic rings. The van der Waals surface area contributed by atoms with Crippen molar-refractivity contribution in [3.8, 4) is 0 Å². The third kappa shape index (κ3) is 4.87. The fourth-order valence-electron chi connectivity index (χ4n) is 2.54. The number of esters is 1. The highest BCUT2D eigenvalue weighted by atomic mass is 19.1. The SMILES string of the molecule is CC(C)[C@H](NC(=O)c1ccc(F)cc1)C(=O)OCC(=O)N1CCCC1=O.